The van der Waals surface area contributed by atoms with Gasteiger partial charge in [0.1, 0.15) is 12.0 Å². The van der Waals surface area contributed by atoms with Gasteiger partial charge in [0, 0.05) is 6.20 Å². The van der Waals surface area contributed by atoms with Gasteiger partial charge in [-0.25, -0.2) is 9.97 Å². The smallest absolute Gasteiger partial charge is 0.244 e. The third kappa shape index (κ3) is 1.91. The molecule has 1 fully saturated rings. The van der Waals surface area contributed by atoms with E-state index in [4.69, 9.17) is 4.52 Å². The van der Waals surface area contributed by atoms with Crippen LogP contribution < -0.4 is 5.32 Å². The zero-order valence-electron chi connectivity index (χ0n) is 9.50. The maximum Gasteiger partial charge on any atom is 0.244 e. The van der Waals surface area contributed by atoms with Crippen LogP contribution >= 0.6 is 0 Å². The van der Waals surface area contributed by atoms with Crippen LogP contribution in [-0.2, 0) is 0 Å². The van der Waals surface area contributed by atoms with Crippen LogP contribution in [0.4, 0.5) is 0 Å². The van der Waals surface area contributed by atoms with E-state index in [1.807, 2.05) is 0 Å². The Labute approximate surface area is 98.5 Å². The summed E-state index contributed by atoms with van der Waals surface area (Å²) in [7, 11) is 0. The molecule has 1 saturated heterocycles. The molecule has 1 aliphatic rings. The van der Waals surface area contributed by atoms with Crippen LogP contribution in [0.5, 0.6) is 0 Å². The molecule has 2 unspecified atom stereocenters. The van der Waals surface area contributed by atoms with E-state index in [1.165, 1.54) is 6.33 Å². The van der Waals surface area contributed by atoms with Crippen LogP contribution in [0.25, 0.3) is 11.5 Å². The molecule has 6 heteroatoms. The lowest BCUT2D eigenvalue weighted by Gasteiger charge is -2.08. The summed E-state index contributed by atoms with van der Waals surface area (Å²) >= 11 is 0. The van der Waals surface area contributed by atoms with Crippen molar-refractivity contribution in [1.82, 2.24) is 25.4 Å². The van der Waals surface area contributed by atoms with E-state index in [2.05, 4.69) is 32.3 Å². The second-order valence-electron chi connectivity index (χ2n) is 4.25. The van der Waals surface area contributed by atoms with Gasteiger partial charge in [0.05, 0.1) is 6.04 Å². The molecule has 2 aromatic heterocycles. The highest BCUT2D eigenvalue weighted by molar-refractivity contribution is 5.46. The lowest BCUT2D eigenvalue weighted by molar-refractivity contribution is 0.319. The highest BCUT2D eigenvalue weighted by Gasteiger charge is 2.29. The molecule has 2 aromatic rings. The number of hydrogen-bond donors (Lipinski definition) is 1. The van der Waals surface area contributed by atoms with Gasteiger partial charge in [-0.3, -0.25) is 0 Å². The molecule has 2 atom stereocenters. The maximum atomic E-state index is 5.29. The summed E-state index contributed by atoms with van der Waals surface area (Å²) in [5.41, 5.74) is 0.681. The fourth-order valence-corrected chi connectivity index (χ4v) is 2.05. The topological polar surface area (TPSA) is 76.7 Å². The van der Waals surface area contributed by atoms with Crippen molar-refractivity contribution in [3.63, 3.8) is 0 Å². The highest BCUT2D eigenvalue weighted by Crippen LogP contribution is 2.28. The number of aromatic nitrogens is 4. The summed E-state index contributed by atoms with van der Waals surface area (Å²) in [6.45, 7) is 3.18. The Morgan fingerprint density at radius 1 is 1.47 bits per heavy atom. The Morgan fingerprint density at radius 3 is 3.12 bits per heavy atom. The second kappa shape index (κ2) is 4.21. The summed E-state index contributed by atoms with van der Waals surface area (Å²) < 4.78 is 5.29. The van der Waals surface area contributed by atoms with Gasteiger partial charge in [0.15, 0.2) is 0 Å². The fraction of sp³-hybridized carbons (Fsp3) is 0.455. The molecule has 3 heterocycles. The van der Waals surface area contributed by atoms with E-state index in [0.29, 0.717) is 23.3 Å². The summed E-state index contributed by atoms with van der Waals surface area (Å²) in [6, 6.07) is 1.93. The van der Waals surface area contributed by atoms with Crippen LogP contribution in [0.15, 0.2) is 23.1 Å². The van der Waals surface area contributed by atoms with Gasteiger partial charge < -0.3 is 9.84 Å². The van der Waals surface area contributed by atoms with E-state index in [-0.39, 0.29) is 6.04 Å². The molecule has 3 rings (SSSR count). The second-order valence-corrected chi connectivity index (χ2v) is 4.25. The lowest BCUT2D eigenvalue weighted by atomic mass is 10.0. The first-order valence-corrected chi connectivity index (χ1v) is 5.68. The van der Waals surface area contributed by atoms with Gasteiger partial charge in [0.25, 0.3) is 0 Å². The van der Waals surface area contributed by atoms with Crippen LogP contribution in [0, 0.1) is 5.92 Å². The zero-order chi connectivity index (χ0) is 11.7. The van der Waals surface area contributed by atoms with Crippen molar-refractivity contribution in [2.75, 3.05) is 6.54 Å². The molecule has 1 N–H and O–H groups in total. The Hall–Kier alpha value is -1.82. The van der Waals surface area contributed by atoms with Crippen molar-refractivity contribution in [2.24, 2.45) is 5.92 Å². The third-order valence-corrected chi connectivity index (χ3v) is 3.05. The largest absolute Gasteiger partial charge is 0.337 e. The first-order chi connectivity index (χ1) is 8.34. The van der Waals surface area contributed by atoms with Gasteiger partial charge in [-0.15, -0.1) is 0 Å². The molecule has 0 saturated carbocycles. The SMILES string of the molecule is CC1CCNC1c1nc(-c2ccncn2)no1. The van der Waals surface area contributed by atoms with Gasteiger partial charge >= 0.3 is 0 Å². The molecular formula is C11H13N5O. The minimum Gasteiger partial charge on any atom is -0.337 e. The lowest BCUT2D eigenvalue weighted by Crippen LogP contribution is -2.16. The van der Waals surface area contributed by atoms with Gasteiger partial charge in [-0.2, -0.15) is 4.98 Å². The Morgan fingerprint density at radius 2 is 2.41 bits per heavy atom. The molecule has 1 aliphatic heterocycles. The average molecular weight is 231 g/mol. The van der Waals surface area contributed by atoms with Gasteiger partial charge in [-0.1, -0.05) is 12.1 Å². The summed E-state index contributed by atoms with van der Waals surface area (Å²) in [5.74, 6) is 1.68. The Bertz CT molecular complexity index is 498. The molecule has 0 spiro atoms. The number of rotatable bonds is 2. The monoisotopic (exact) mass is 231 g/mol. The minimum absolute atomic E-state index is 0.165. The van der Waals surface area contributed by atoms with Crippen LogP contribution in [0.2, 0.25) is 0 Å². The molecule has 6 nitrogen and oxygen atoms in total. The Balaban J connectivity index is 1.88. The van der Waals surface area contributed by atoms with E-state index in [9.17, 15) is 0 Å². The molecular weight excluding hydrogens is 218 g/mol. The molecule has 0 bridgehead atoms. The van der Waals surface area contributed by atoms with Gasteiger partial charge in [-0.05, 0) is 24.9 Å². The van der Waals surface area contributed by atoms with Crippen molar-refractivity contribution < 1.29 is 4.52 Å². The normalized spacial score (nSPS) is 24.1. The quantitative estimate of drug-likeness (QED) is 0.836. The minimum atomic E-state index is 0.165. The molecule has 0 radical (unpaired) electrons. The van der Waals surface area contributed by atoms with Crippen LogP contribution in [0.1, 0.15) is 25.3 Å². The van der Waals surface area contributed by atoms with Gasteiger partial charge in [0.2, 0.25) is 11.7 Å². The van der Waals surface area contributed by atoms with Crippen molar-refractivity contribution in [3.05, 3.63) is 24.5 Å². The van der Waals surface area contributed by atoms with E-state index in [0.717, 1.165) is 13.0 Å². The average Bonchev–Trinajstić information content (AvgIpc) is 2.98. The predicted molar refractivity (Wildman–Crippen MR) is 59.8 cm³/mol. The predicted octanol–water partition coefficient (Wildman–Crippen LogP) is 1.20. The summed E-state index contributed by atoms with van der Waals surface area (Å²) in [6.07, 6.45) is 4.27. The van der Waals surface area contributed by atoms with Crippen LogP contribution in [-0.4, -0.2) is 26.7 Å². The molecule has 0 amide bonds. The summed E-state index contributed by atoms with van der Waals surface area (Å²) in [5, 5.41) is 7.31. The number of hydrogen-bond acceptors (Lipinski definition) is 6. The Kier molecular flexibility index (Phi) is 2.56. The third-order valence-electron chi connectivity index (χ3n) is 3.05. The summed E-state index contributed by atoms with van der Waals surface area (Å²) in [4.78, 5) is 12.3. The van der Waals surface area contributed by atoms with Crippen molar-refractivity contribution in [3.8, 4) is 11.5 Å². The molecule has 88 valence electrons. The van der Waals surface area contributed by atoms with Crippen molar-refractivity contribution in [2.45, 2.75) is 19.4 Å². The van der Waals surface area contributed by atoms with Crippen molar-refractivity contribution >= 4 is 0 Å². The number of nitrogens with one attached hydrogen (secondary N) is 1. The first-order valence-electron chi connectivity index (χ1n) is 5.68. The highest BCUT2D eigenvalue weighted by atomic mass is 16.5. The number of nitrogens with zero attached hydrogens (tertiary/aromatic N) is 4. The van der Waals surface area contributed by atoms with E-state index in [1.54, 1.807) is 12.3 Å². The molecule has 0 aromatic carbocycles. The standard InChI is InChI=1S/C11H13N5O/c1-7-2-5-13-9(7)11-15-10(16-17-11)8-3-4-12-6-14-8/h3-4,6-7,9,13H,2,5H2,1H3. The zero-order valence-corrected chi connectivity index (χ0v) is 9.50. The van der Waals surface area contributed by atoms with Crippen LogP contribution in [0.3, 0.4) is 0 Å². The van der Waals surface area contributed by atoms with E-state index >= 15 is 0 Å². The molecule has 0 aliphatic carbocycles. The fourth-order valence-electron chi connectivity index (χ4n) is 2.05. The van der Waals surface area contributed by atoms with Crippen molar-refractivity contribution in [1.29, 1.82) is 0 Å². The maximum absolute atomic E-state index is 5.29. The molecule has 17 heavy (non-hydrogen) atoms. The first kappa shape index (κ1) is 10.3. The van der Waals surface area contributed by atoms with E-state index < -0.39 is 0 Å².